The molecule has 2 rings (SSSR count). The third kappa shape index (κ3) is 3.50. The monoisotopic (exact) mass is 286 g/mol. The highest BCUT2D eigenvalue weighted by Gasteiger charge is 2.22. The van der Waals surface area contributed by atoms with Crippen LogP contribution in [-0.2, 0) is 0 Å². The van der Waals surface area contributed by atoms with Crippen LogP contribution in [0.1, 0.15) is 5.56 Å². The van der Waals surface area contributed by atoms with Gasteiger partial charge in [-0.15, -0.1) is 6.58 Å². The molecule has 8 heteroatoms. The molecule has 21 heavy (non-hydrogen) atoms. The van der Waals surface area contributed by atoms with Crippen molar-refractivity contribution in [2.24, 2.45) is 0 Å². The first-order valence-corrected chi connectivity index (χ1v) is 6.15. The van der Waals surface area contributed by atoms with Crippen molar-refractivity contribution in [3.63, 3.8) is 0 Å². The Balaban J connectivity index is 2.35. The molecule has 108 valence electrons. The van der Waals surface area contributed by atoms with E-state index in [1.54, 1.807) is 18.3 Å². The molecule has 0 atom stereocenters. The Morgan fingerprint density at radius 2 is 2.10 bits per heavy atom. The number of aryl methyl sites for hydroxylation is 1. The summed E-state index contributed by atoms with van der Waals surface area (Å²) < 4.78 is 0. The lowest BCUT2D eigenvalue weighted by molar-refractivity contribution is -0.383. The van der Waals surface area contributed by atoms with Gasteiger partial charge in [0.25, 0.3) is 0 Å². The molecule has 0 aliphatic carbocycles. The number of nitrogens with one attached hydrogen (secondary N) is 2. The van der Waals surface area contributed by atoms with Gasteiger partial charge >= 0.3 is 5.69 Å². The summed E-state index contributed by atoms with van der Waals surface area (Å²) in [6, 6.07) is 3.57. The molecule has 0 unspecified atom stereocenters. The highest BCUT2D eigenvalue weighted by atomic mass is 16.6. The number of hydrogen-bond donors (Lipinski definition) is 2. The van der Waals surface area contributed by atoms with Crippen molar-refractivity contribution >= 4 is 23.1 Å². The Hall–Kier alpha value is -3.03. The molecule has 0 aromatic carbocycles. The minimum absolute atomic E-state index is 0.0814. The van der Waals surface area contributed by atoms with Gasteiger partial charge in [0.05, 0.1) is 4.92 Å². The van der Waals surface area contributed by atoms with Gasteiger partial charge in [0.2, 0.25) is 11.6 Å². The molecule has 2 N–H and O–H groups in total. The SMILES string of the molecule is C=CCNc1ncnc(Nc2ccc(C)cn2)c1[N+](=O)[O-]. The van der Waals surface area contributed by atoms with Crippen LogP contribution in [0, 0.1) is 17.0 Å². The maximum Gasteiger partial charge on any atom is 0.353 e. The molecule has 0 bridgehead atoms. The van der Waals surface area contributed by atoms with Crippen LogP contribution >= 0.6 is 0 Å². The Kier molecular flexibility index (Phi) is 4.39. The highest BCUT2D eigenvalue weighted by molar-refractivity contribution is 5.72. The van der Waals surface area contributed by atoms with Crippen LogP contribution in [0.25, 0.3) is 0 Å². The fourth-order valence-corrected chi connectivity index (χ4v) is 1.60. The van der Waals surface area contributed by atoms with Crippen LogP contribution in [0.2, 0.25) is 0 Å². The first kappa shape index (κ1) is 14.4. The summed E-state index contributed by atoms with van der Waals surface area (Å²) in [5.74, 6) is 0.680. The van der Waals surface area contributed by atoms with Gasteiger partial charge in [0.1, 0.15) is 12.1 Å². The van der Waals surface area contributed by atoms with Gasteiger partial charge in [0.15, 0.2) is 0 Å². The van der Waals surface area contributed by atoms with Gasteiger partial charge in [0, 0.05) is 12.7 Å². The summed E-state index contributed by atoms with van der Waals surface area (Å²) in [6.45, 7) is 5.81. The van der Waals surface area contributed by atoms with Crippen molar-refractivity contribution < 1.29 is 4.92 Å². The fraction of sp³-hybridized carbons (Fsp3) is 0.154. The minimum Gasteiger partial charge on any atom is -0.361 e. The number of nitrogens with zero attached hydrogens (tertiary/aromatic N) is 4. The zero-order valence-corrected chi connectivity index (χ0v) is 11.4. The van der Waals surface area contributed by atoms with E-state index < -0.39 is 4.92 Å². The second kappa shape index (κ2) is 6.42. The lowest BCUT2D eigenvalue weighted by atomic mass is 10.3. The molecule has 0 fully saturated rings. The molecule has 0 aliphatic rings. The fourth-order valence-electron chi connectivity index (χ4n) is 1.60. The second-order valence-electron chi connectivity index (χ2n) is 4.19. The maximum atomic E-state index is 11.2. The molecule has 2 aromatic rings. The van der Waals surface area contributed by atoms with Crippen LogP contribution in [0.3, 0.4) is 0 Å². The molecule has 0 saturated heterocycles. The number of hydrogen-bond acceptors (Lipinski definition) is 7. The van der Waals surface area contributed by atoms with E-state index in [-0.39, 0.29) is 17.3 Å². The maximum absolute atomic E-state index is 11.2. The van der Waals surface area contributed by atoms with Crippen LogP contribution in [0.15, 0.2) is 37.3 Å². The Bertz CT molecular complexity index is 656. The lowest BCUT2D eigenvalue weighted by Gasteiger charge is -2.08. The van der Waals surface area contributed by atoms with Crippen molar-refractivity contribution in [1.29, 1.82) is 0 Å². The third-order valence-corrected chi connectivity index (χ3v) is 2.58. The molecule has 2 aromatic heterocycles. The quantitative estimate of drug-likeness (QED) is 0.477. The molecule has 0 spiro atoms. The normalized spacial score (nSPS) is 9.95. The highest BCUT2D eigenvalue weighted by Crippen LogP contribution is 2.30. The van der Waals surface area contributed by atoms with E-state index in [0.29, 0.717) is 12.4 Å². The van der Waals surface area contributed by atoms with Gasteiger partial charge < -0.3 is 10.6 Å². The summed E-state index contributed by atoms with van der Waals surface area (Å²) in [4.78, 5) is 22.6. The summed E-state index contributed by atoms with van der Waals surface area (Å²) in [5, 5.41) is 16.9. The van der Waals surface area contributed by atoms with E-state index >= 15 is 0 Å². The number of rotatable bonds is 6. The second-order valence-corrected chi connectivity index (χ2v) is 4.19. The van der Waals surface area contributed by atoms with Crippen molar-refractivity contribution in [3.05, 3.63) is 53.0 Å². The van der Waals surface area contributed by atoms with Crippen molar-refractivity contribution in [1.82, 2.24) is 15.0 Å². The van der Waals surface area contributed by atoms with Crippen LogP contribution in [0.5, 0.6) is 0 Å². The molecular formula is C13H14N6O2. The zero-order valence-electron chi connectivity index (χ0n) is 11.4. The summed E-state index contributed by atoms with van der Waals surface area (Å²) in [6.07, 6.45) is 4.49. The van der Waals surface area contributed by atoms with Crippen molar-refractivity contribution in [3.8, 4) is 0 Å². The molecular weight excluding hydrogens is 272 g/mol. The Morgan fingerprint density at radius 1 is 1.33 bits per heavy atom. The number of anilines is 3. The van der Waals surface area contributed by atoms with E-state index in [0.717, 1.165) is 5.56 Å². The minimum atomic E-state index is -0.540. The van der Waals surface area contributed by atoms with E-state index in [2.05, 4.69) is 32.2 Å². The Labute approximate surface area is 121 Å². The van der Waals surface area contributed by atoms with Gasteiger partial charge in [-0.1, -0.05) is 12.1 Å². The van der Waals surface area contributed by atoms with E-state index in [1.165, 1.54) is 6.33 Å². The molecule has 0 radical (unpaired) electrons. The van der Waals surface area contributed by atoms with E-state index in [4.69, 9.17) is 0 Å². The van der Waals surface area contributed by atoms with Gasteiger partial charge in [-0.05, 0) is 18.6 Å². The predicted octanol–water partition coefficient (Wildman–Crippen LogP) is 2.43. The third-order valence-electron chi connectivity index (χ3n) is 2.58. The first-order chi connectivity index (χ1) is 10.1. The standard InChI is InChI=1S/C13H14N6O2/c1-3-6-14-12-11(19(20)21)13(17-8-16-12)18-10-5-4-9(2)7-15-10/h3-5,7-8H,1,6H2,2H3,(H2,14,15,16,17,18). The average molecular weight is 286 g/mol. The van der Waals surface area contributed by atoms with Crippen molar-refractivity contribution in [2.45, 2.75) is 6.92 Å². The number of aromatic nitrogens is 3. The lowest BCUT2D eigenvalue weighted by Crippen LogP contribution is -2.08. The smallest absolute Gasteiger partial charge is 0.353 e. The topological polar surface area (TPSA) is 106 Å². The summed E-state index contributed by atoms with van der Waals surface area (Å²) in [5.41, 5.74) is 0.757. The largest absolute Gasteiger partial charge is 0.361 e. The summed E-state index contributed by atoms with van der Waals surface area (Å²) >= 11 is 0. The van der Waals surface area contributed by atoms with Gasteiger partial charge in [-0.3, -0.25) is 10.1 Å². The zero-order chi connectivity index (χ0) is 15.2. The average Bonchev–Trinajstić information content (AvgIpc) is 2.47. The van der Waals surface area contributed by atoms with Gasteiger partial charge in [-0.25, -0.2) is 15.0 Å². The molecule has 0 saturated carbocycles. The number of nitro groups is 1. The Morgan fingerprint density at radius 3 is 2.71 bits per heavy atom. The predicted molar refractivity (Wildman–Crippen MR) is 79.6 cm³/mol. The van der Waals surface area contributed by atoms with Crippen LogP contribution < -0.4 is 10.6 Å². The molecule has 2 heterocycles. The molecule has 8 nitrogen and oxygen atoms in total. The summed E-state index contributed by atoms with van der Waals surface area (Å²) in [7, 11) is 0. The molecule has 0 amide bonds. The van der Waals surface area contributed by atoms with Gasteiger partial charge in [-0.2, -0.15) is 0 Å². The first-order valence-electron chi connectivity index (χ1n) is 6.15. The van der Waals surface area contributed by atoms with Crippen molar-refractivity contribution in [2.75, 3.05) is 17.2 Å². The number of pyridine rings is 1. The molecule has 0 aliphatic heterocycles. The van der Waals surface area contributed by atoms with E-state index in [9.17, 15) is 10.1 Å². The van der Waals surface area contributed by atoms with Crippen LogP contribution in [0.4, 0.5) is 23.1 Å². The van der Waals surface area contributed by atoms with E-state index in [1.807, 2.05) is 13.0 Å². The van der Waals surface area contributed by atoms with Crippen LogP contribution in [-0.4, -0.2) is 26.4 Å².